The van der Waals surface area contributed by atoms with Crippen molar-refractivity contribution in [1.29, 1.82) is 0 Å². The van der Waals surface area contributed by atoms with Crippen molar-refractivity contribution in [3.05, 3.63) is 72.1 Å². The minimum absolute atomic E-state index is 0.0462. The van der Waals surface area contributed by atoms with Crippen LogP contribution in [0.15, 0.2) is 60.8 Å². The molecule has 4 unspecified atom stereocenters. The lowest BCUT2D eigenvalue weighted by Gasteiger charge is -2.25. The van der Waals surface area contributed by atoms with Crippen LogP contribution >= 0.6 is 0 Å². The normalized spacial score (nSPS) is 14.9. The number of esters is 1. The van der Waals surface area contributed by atoms with Crippen LogP contribution in [0, 0.1) is 0 Å². The number of ether oxygens (including phenoxy) is 8. The standard InChI is InChI=1S/C47H75N3O17/c51-21-40(55)26-60-30-44(31-61-27-41(56)22-52)66-34-46(35-67-45(32-62-28-42(57)23-53)33-63-29-43(58)24-54)65-25-39-20-50(49-48-39)18-10-5-3-1-2-4-6-11-19-64-47(59)38-16-14-37(15-17-38)36-12-8-7-9-13-36/h7-9,12-17,20,40-46,51-58H,1-6,10-11,18-19,21-35H2. The van der Waals surface area contributed by atoms with Gasteiger partial charge in [0.05, 0.1) is 117 Å². The summed E-state index contributed by atoms with van der Waals surface area (Å²) in [5.41, 5.74) is 3.27. The highest BCUT2D eigenvalue weighted by atomic mass is 16.6. The third-order valence-electron chi connectivity index (χ3n) is 10.1. The maximum Gasteiger partial charge on any atom is 0.338 e. The first kappa shape index (κ1) is 57.8. The van der Waals surface area contributed by atoms with Crippen molar-refractivity contribution in [2.75, 3.05) is 99.1 Å². The number of hydrogen-bond donors (Lipinski definition) is 8. The number of hydrogen-bond acceptors (Lipinski definition) is 19. The molecule has 0 spiro atoms. The number of aromatic nitrogens is 3. The number of rotatable bonds is 42. The van der Waals surface area contributed by atoms with E-state index in [9.17, 15) is 25.2 Å². The molecular weight excluding hydrogens is 879 g/mol. The van der Waals surface area contributed by atoms with Crippen molar-refractivity contribution in [1.82, 2.24) is 15.0 Å². The molecule has 0 saturated carbocycles. The van der Waals surface area contributed by atoms with Crippen molar-refractivity contribution >= 4 is 5.97 Å². The summed E-state index contributed by atoms with van der Waals surface area (Å²) in [6.07, 6.45) is 3.38. The highest BCUT2D eigenvalue weighted by Gasteiger charge is 2.21. The van der Waals surface area contributed by atoms with Gasteiger partial charge in [-0.05, 0) is 36.1 Å². The van der Waals surface area contributed by atoms with Gasteiger partial charge in [0.25, 0.3) is 0 Å². The van der Waals surface area contributed by atoms with Crippen molar-refractivity contribution < 1.29 is 83.5 Å². The Kier molecular flexibility index (Phi) is 31.4. The van der Waals surface area contributed by atoms with Gasteiger partial charge in [-0.1, -0.05) is 86.2 Å². The lowest BCUT2D eigenvalue weighted by atomic mass is 10.0. The molecule has 8 N–H and O–H groups in total. The van der Waals surface area contributed by atoms with Crippen molar-refractivity contribution in [3.63, 3.8) is 0 Å². The summed E-state index contributed by atoms with van der Waals surface area (Å²) >= 11 is 0. The van der Waals surface area contributed by atoms with Crippen LogP contribution in [0.1, 0.15) is 67.4 Å². The van der Waals surface area contributed by atoms with Crippen LogP contribution < -0.4 is 0 Å². The van der Waals surface area contributed by atoms with Gasteiger partial charge in [0.2, 0.25) is 0 Å². The Morgan fingerprint density at radius 3 is 1.42 bits per heavy atom. The van der Waals surface area contributed by atoms with Gasteiger partial charge >= 0.3 is 5.97 Å². The van der Waals surface area contributed by atoms with Gasteiger partial charge in [-0.15, -0.1) is 5.10 Å². The number of nitrogens with zero attached hydrogens (tertiary/aromatic N) is 3. The van der Waals surface area contributed by atoms with Crippen LogP contribution in [-0.2, 0) is 51.0 Å². The van der Waals surface area contributed by atoms with E-state index in [-0.39, 0.29) is 78.6 Å². The first-order valence-electron chi connectivity index (χ1n) is 23.2. The smallest absolute Gasteiger partial charge is 0.338 e. The zero-order valence-electron chi connectivity index (χ0n) is 38.6. The molecule has 1 heterocycles. The van der Waals surface area contributed by atoms with Gasteiger partial charge in [-0.3, -0.25) is 4.68 Å². The molecule has 0 saturated heterocycles. The Balaban J connectivity index is 1.43. The van der Waals surface area contributed by atoms with E-state index in [1.807, 2.05) is 42.5 Å². The molecule has 380 valence electrons. The topological polar surface area (TPSA) is 283 Å². The average Bonchev–Trinajstić information content (AvgIpc) is 3.82. The van der Waals surface area contributed by atoms with Gasteiger partial charge in [-0.2, -0.15) is 0 Å². The lowest BCUT2D eigenvalue weighted by Crippen LogP contribution is -2.37. The summed E-state index contributed by atoms with van der Waals surface area (Å²) in [6.45, 7) is -1.83. The van der Waals surface area contributed by atoms with E-state index in [4.69, 9.17) is 58.3 Å². The Morgan fingerprint density at radius 1 is 0.507 bits per heavy atom. The molecule has 2 aromatic carbocycles. The second-order valence-corrected chi connectivity index (χ2v) is 16.2. The molecule has 0 fully saturated rings. The number of aliphatic hydroxyl groups excluding tert-OH is 8. The maximum absolute atomic E-state index is 12.5. The molecular formula is C47H75N3O17. The van der Waals surface area contributed by atoms with Crippen LogP contribution in [0.2, 0.25) is 0 Å². The molecule has 0 radical (unpaired) electrons. The van der Waals surface area contributed by atoms with E-state index in [0.717, 1.165) is 62.5 Å². The maximum atomic E-state index is 12.5. The summed E-state index contributed by atoms with van der Waals surface area (Å²) in [7, 11) is 0. The fraction of sp³-hybridized carbons (Fsp3) is 0.681. The molecule has 3 aromatic rings. The quantitative estimate of drug-likeness (QED) is 0.0291. The van der Waals surface area contributed by atoms with E-state index < -0.39 is 69.2 Å². The number of carbonyl (C=O) groups excluding carboxylic acids is 1. The van der Waals surface area contributed by atoms with Gasteiger partial charge in [0.15, 0.2) is 0 Å². The second kappa shape index (κ2) is 36.4. The van der Waals surface area contributed by atoms with Crippen LogP contribution in [0.5, 0.6) is 0 Å². The van der Waals surface area contributed by atoms with Crippen LogP contribution in [0.3, 0.4) is 0 Å². The summed E-state index contributed by atoms with van der Waals surface area (Å²) in [4.78, 5) is 12.5. The number of carbonyl (C=O) groups is 1. The molecule has 67 heavy (non-hydrogen) atoms. The minimum Gasteiger partial charge on any atom is -0.462 e. The number of aryl methyl sites for hydroxylation is 1. The predicted octanol–water partition coefficient (Wildman–Crippen LogP) is 1.06. The zero-order valence-corrected chi connectivity index (χ0v) is 38.6. The Bertz CT molecular complexity index is 1570. The van der Waals surface area contributed by atoms with E-state index in [1.54, 1.807) is 23.0 Å². The van der Waals surface area contributed by atoms with E-state index in [0.29, 0.717) is 24.4 Å². The molecule has 0 bridgehead atoms. The van der Waals surface area contributed by atoms with Crippen LogP contribution in [0.4, 0.5) is 0 Å². The highest BCUT2D eigenvalue weighted by Crippen LogP contribution is 2.20. The molecule has 0 aliphatic heterocycles. The summed E-state index contributed by atoms with van der Waals surface area (Å²) in [5, 5.41) is 84.1. The largest absolute Gasteiger partial charge is 0.462 e. The molecule has 4 atom stereocenters. The molecule has 1 aromatic heterocycles. The Morgan fingerprint density at radius 2 is 0.940 bits per heavy atom. The Hall–Kier alpha value is -3.55. The molecule has 0 aliphatic rings. The summed E-state index contributed by atoms with van der Waals surface area (Å²) < 4.78 is 47.6. The number of unbranched alkanes of at least 4 members (excludes halogenated alkanes) is 7. The van der Waals surface area contributed by atoms with Crippen molar-refractivity contribution in [2.45, 2.75) is 107 Å². The molecule has 0 aliphatic carbocycles. The minimum atomic E-state index is -1.10. The fourth-order valence-corrected chi connectivity index (χ4v) is 6.30. The summed E-state index contributed by atoms with van der Waals surface area (Å²) in [5.74, 6) is -0.302. The summed E-state index contributed by atoms with van der Waals surface area (Å²) in [6, 6.07) is 17.5. The monoisotopic (exact) mass is 954 g/mol. The van der Waals surface area contributed by atoms with Gasteiger partial charge < -0.3 is 78.7 Å². The van der Waals surface area contributed by atoms with Gasteiger partial charge in [-0.25, -0.2) is 4.79 Å². The van der Waals surface area contributed by atoms with Crippen LogP contribution in [0.25, 0.3) is 11.1 Å². The molecule has 20 heteroatoms. The third kappa shape index (κ3) is 26.7. The molecule has 20 nitrogen and oxygen atoms in total. The fourth-order valence-electron chi connectivity index (χ4n) is 6.30. The zero-order chi connectivity index (χ0) is 48.3. The lowest BCUT2D eigenvalue weighted by molar-refractivity contribution is -0.141. The van der Waals surface area contributed by atoms with Crippen LogP contribution in [-0.4, -0.2) is 204 Å². The van der Waals surface area contributed by atoms with E-state index in [2.05, 4.69) is 10.3 Å². The average molecular weight is 954 g/mol. The number of aliphatic hydroxyl groups is 8. The second-order valence-electron chi connectivity index (χ2n) is 16.2. The van der Waals surface area contributed by atoms with Crippen molar-refractivity contribution in [2.24, 2.45) is 0 Å². The molecule has 0 amide bonds. The van der Waals surface area contributed by atoms with Gasteiger partial charge in [0, 0.05) is 6.54 Å². The van der Waals surface area contributed by atoms with Gasteiger partial charge in [0.1, 0.15) is 48.4 Å². The first-order valence-corrected chi connectivity index (χ1v) is 23.2. The van der Waals surface area contributed by atoms with Crippen molar-refractivity contribution in [3.8, 4) is 11.1 Å². The predicted molar refractivity (Wildman–Crippen MR) is 243 cm³/mol. The SMILES string of the molecule is O=C(OCCCCCCCCCCn1cc(COC(COC(COCC(O)CO)COCC(O)CO)COC(COCC(O)CO)COCC(O)CO)nn1)c1ccc(-c2ccccc2)cc1. The molecule has 3 rings (SSSR count). The first-order chi connectivity index (χ1) is 32.6. The third-order valence-corrected chi connectivity index (χ3v) is 10.1. The Labute approximate surface area is 393 Å². The number of benzene rings is 2. The van der Waals surface area contributed by atoms with E-state index in [1.165, 1.54) is 0 Å². The van der Waals surface area contributed by atoms with E-state index >= 15 is 0 Å². The highest BCUT2D eigenvalue weighted by molar-refractivity contribution is 5.90.